The Morgan fingerprint density at radius 1 is 1.16 bits per heavy atom. The molecular formula is C24H23N7S. The van der Waals surface area contributed by atoms with E-state index in [1.807, 2.05) is 39.4 Å². The lowest BCUT2D eigenvalue weighted by atomic mass is 10.1. The van der Waals surface area contributed by atoms with Crippen molar-refractivity contribution in [2.24, 2.45) is 7.05 Å². The second-order valence-electron chi connectivity index (χ2n) is 7.65. The first-order chi connectivity index (χ1) is 15.5. The molecule has 0 atom stereocenters. The zero-order chi connectivity index (χ0) is 22.4. The number of thiophene rings is 1. The van der Waals surface area contributed by atoms with E-state index in [1.165, 1.54) is 4.88 Å². The molecule has 0 aromatic carbocycles. The van der Waals surface area contributed by atoms with Crippen molar-refractivity contribution < 1.29 is 0 Å². The van der Waals surface area contributed by atoms with Crippen LogP contribution in [0.4, 0.5) is 0 Å². The number of aromatic amines is 2. The number of pyridine rings is 1. The Bertz CT molecular complexity index is 1590. The number of fused-ring (bicyclic) bond motifs is 1. The normalized spacial score (nSPS) is 12.9. The van der Waals surface area contributed by atoms with Crippen molar-refractivity contribution in [3.05, 3.63) is 63.6 Å². The van der Waals surface area contributed by atoms with Crippen LogP contribution < -0.4 is 10.6 Å². The van der Waals surface area contributed by atoms with E-state index in [9.17, 15) is 0 Å². The smallest absolute Gasteiger partial charge is 0.159 e. The van der Waals surface area contributed by atoms with Crippen LogP contribution in [0.5, 0.6) is 0 Å². The average molecular weight is 442 g/mol. The molecule has 0 amide bonds. The van der Waals surface area contributed by atoms with E-state index in [0.29, 0.717) is 5.82 Å². The van der Waals surface area contributed by atoms with E-state index in [1.54, 1.807) is 11.3 Å². The Balaban J connectivity index is 1.67. The highest BCUT2D eigenvalue weighted by Crippen LogP contribution is 2.31. The molecule has 0 fully saturated rings. The fraction of sp³-hybridized carbons (Fsp3) is 0.167. The Kier molecular flexibility index (Phi) is 4.86. The van der Waals surface area contributed by atoms with Gasteiger partial charge in [0.05, 0.1) is 27.6 Å². The number of allylic oxidation sites excluding steroid dienone is 2. The molecular weight excluding hydrogens is 418 g/mol. The van der Waals surface area contributed by atoms with E-state index in [0.717, 1.165) is 55.0 Å². The lowest BCUT2D eigenvalue weighted by molar-refractivity contribution is 0.847. The van der Waals surface area contributed by atoms with Gasteiger partial charge >= 0.3 is 0 Å². The van der Waals surface area contributed by atoms with Crippen molar-refractivity contribution in [2.45, 2.75) is 20.8 Å². The maximum Gasteiger partial charge on any atom is 0.159 e. The summed E-state index contributed by atoms with van der Waals surface area (Å²) in [6.45, 7) is 10.2. The van der Waals surface area contributed by atoms with Crippen molar-refractivity contribution in [1.29, 1.82) is 0 Å². The Morgan fingerprint density at radius 3 is 2.69 bits per heavy atom. The van der Waals surface area contributed by atoms with Crippen LogP contribution in [0.1, 0.15) is 23.3 Å². The molecule has 8 heteroatoms. The van der Waals surface area contributed by atoms with E-state index in [2.05, 4.69) is 67.5 Å². The number of rotatable bonds is 4. The SMILES string of the molecule is C=c1[nH]nc(-c2nc3c(-c4ccc(C)s4)nccc3[nH]2)/c1=C/C(=C\C)c1cnc(C)n1C. The standard InChI is InChI=1S/C24H23N7S/c1-6-16(19-12-26-15(4)31(19)5)11-17-14(3)29-30-21(17)24-27-18-9-10-25-23(22(18)28-24)20-8-7-13(2)32-20/h6-12,29H,3H2,1-2,4-5H3,(H,27,28)/b16-6+,17-11+. The number of aryl methyl sites for hydroxylation is 2. The minimum absolute atomic E-state index is 0.677. The van der Waals surface area contributed by atoms with Crippen LogP contribution in [-0.2, 0) is 7.05 Å². The average Bonchev–Trinajstić information content (AvgIpc) is 3.55. The molecule has 2 N–H and O–H groups in total. The van der Waals surface area contributed by atoms with E-state index < -0.39 is 0 Å². The number of hydrogen-bond donors (Lipinski definition) is 2. The molecule has 0 aliphatic carbocycles. The molecule has 5 heterocycles. The summed E-state index contributed by atoms with van der Waals surface area (Å²) in [6.07, 6.45) is 7.83. The van der Waals surface area contributed by atoms with Crippen LogP contribution in [-0.4, -0.2) is 34.7 Å². The van der Waals surface area contributed by atoms with Gasteiger partial charge in [0, 0.05) is 23.3 Å². The van der Waals surface area contributed by atoms with Gasteiger partial charge in [0.1, 0.15) is 22.7 Å². The molecule has 0 aliphatic heterocycles. The van der Waals surface area contributed by atoms with Crippen LogP contribution in [0.2, 0.25) is 0 Å². The van der Waals surface area contributed by atoms with Crippen molar-refractivity contribution in [3.8, 4) is 22.1 Å². The molecule has 0 saturated heterocycles. The van der Waals surface area contributed by atoms with Gasteiger partial charge in [-0.3, -0.25) is 10.1 Å². The third kappa shape index (κ3) is 3.29. The molecule has 7 nitrogen and oxygen atoms in total. The highest BCUT2D eigenvalue weighted by atomic mass is 32.1. The molecule has 5 rings (SSSR count). The Labute approximate surface area is 188 Å². The van der Waals surface area contributed by atoms with Gasteiger partial charge in [-0.2, -0.15) is 5.10 Å². The van der Waals surface area contributed by atoms with Gasteiger partial charge in [-0.25, -0.2) is 9.97 Å². The summed E-state index contributed by atoms with van der Waals surface area (Å²) in [5, 5.41) is 9.15. The molecule has 0 spiro atoms. The number of nitrogens with zero attached hydrogens (tertiary/aromatic N) is 5. The molecule has 5 aromatic rings. The second kappa shape index (κ2) is 7.72. The number of nitrogens with one attached hydrogen (secondary N) is 2. The fourth-order valence-corrected chi connectivity index (χ4v) is 4.61. The topological polar surface area (TPSA) is 88.1 Å². The fourth-order valence-electron chi connectivity index (χ4n) is 3.74. The number of aromatic nitrogens is 7. The molecule has 0 aliphatic rings. The molecule has 0 radical (unpaired) electrons. The summed E-state index contributed by atoms with van der Waals surface area (Å²) in [7, 11) is 2.01. The summed E-state index contributed by atoms with van der Waals surface area (Å²) < 4.78 is 2.07. The van der Waals surface area contributed by atoms with Gasteiger partial charge < -0.3 is 9.55 Å². The van der Waals surface area contributed by atoms with Crippen molar-refractivity contribution in [2.75, 3.05) is 0 Å². The molecule has 0 bridgehead atoms. The zero-order valence-electron chi connectivity index (χ0n) is 18.4. The third-order valence-corrected chi connectivity index (χ3v) is 6.62. The van der Waals surface area contributed by atoms with Crippen molar-refractivity contribution in [3.63, 3.8) is 0 Å². The largest absolute Gasteiger partial charge is 0.336 e. The lowest BCUT2D eigenvalue weighted by Gasteiger charge is -2.04. The predicted molar refractivity (Wildman–Crippen MR) is 130 cm³/mol. The van der Waals surface area contributed by atoms with Crippen LogP contribution in [0, 0.1) is 13.8 Å². The lowest BCUT2D eigenvalue weighted by Crippen LogP contribution is -2.22. The molecule has 0 saturated carbocycles. The molecule has 160 valence electrons. The van der Waals surface area contributed by atoms with Crippen LogP contribution in [0.3, 0.4) is 0 Å². The maximum absolute atomic E-state index is 4.89. The summed E-state index contributed by atoms with van der Waals surface area (Å²) in [4.78, 5) is 19.7. The summed E-state index contributed by atoms with van der Waals surface area (Å²) in [5.74, 6) is 1.63. The van der Waals surface area contributed by atoms with Gasteiger partial charge in [-0.05, 0) is 50.6 Å². The quantitative estimate of drug-likeness (QED) is 0.445. The predicted octanol–water partition coefficient (Wildman–Crippen LogP) is 3.72. The number of H-pyrrole nitrogens is 2. The monoisotopic (exact) mass is 441 g/mol. The van der Waals surface area contributed by atoms with Crippen molar-refractivity contribution >= 4 is 40.6 Å². The van der Waals surface area contributed by atoms with Crippen LogP contribution in [0.15, 0.2) is 36.7 Å². The molecule has 0 unspecified atom stereocenters. The number of imidazole rings is 2. The highest BCUT2D eigenvalue weighted by Gasteiger charge is 2.16. The summed E-state index contributed by atoms with van der Waals surface area (Å²) >= 11 is 1.71. The zero-order valence-corrected chi connectivity index (χ0v) is 19.2. The second-order valence-corrected chi connectivity index (χ2v) is 8.94. The minimum atomic E-state index is 0.677. The molecule has 32 heavy (non-hydrogen) atoms. The Morgan fingerprint density at radius 2 is 2.00 bits per heavy atom. The van der Waals surface area contributed by atoms with Gasteiger partial charge in [-0.1, -0.05) is 12.7 Å². The molecule has 5 aromatic heterocycles. The van der Waals surface area contributed by atoms with Crippen molar-refractivity contribution in [1.82, 2.24) is 34.7 Å². The van der Waals surface area contributed by atoms with Crippen LogP contribution >= 0.6 is 11.3 Å². The van der Waals surface area contributed by atoms with Crippen LogP contribution in [0.25, 0.3) is 51.4 Å². The Hall–Kier alpha value is -3.78. The minimum Gasteiger partial charge on any atom is -0.336 e. The summed E-state index contributed by atoms with van der Waals surface area (Å²) in [5.41, 5.74) is 5.41. The van der Waals surface area contributed by atoms with Gasteiger partial charge in [0.2, 0.25) is 0 Å². The van der Waals surface area contributed by atoms with Gasteiger partial charge in [-0.15, -0.1) is 11.3 Å². The first kappa shape index (κ1) is 20.1. The first-order valence-corrected chi connectivity index (χ1v) is 11.1. The van der Waals surface area contributed by atoms with Gasteiger partial charge in [0.15, 0.2) is 5.82 Å². The highest BCUT2D eigenvalue weighted by molar-refractivity contribution is 7.15. The van der Waals surface area contributed by atoms with E-state index in [4.69, 9.17) is 4.98 Å². The van der Waals surface area contributed by atoms with E-state index in [-0.39, 0.29) is 0 Å². The number of hydrogen-bond acceptors (Lipinski definition) is 5. The summed E-state index contributed by atoms with van der Waals surface area (Å²) in [6, 6.07) is 6.13. The van der Waals surface area contributed by atoms with Gasteiger partial charge in [0.25, 0.3) is 0 Å². The van der Waals surface area contributed by atoms with E-state index >= 15 is 0 Å². The maximum atomic E-state index is 4.89. The third-order valence-electron chi connectivity index (χ3n) is 5.61. The first-order valence-electron chi connectivity index (χ1n) is 10.3.